The Morgan fingerprint density at radius 2 is 1.54 bits per heavy atom. The molecule has 0 saturated carbocycles. The second-order valence-electron chi connectivity index (χ2n) is 7.64. The maximum atomic E-state index is 11.8. The molecule has 1 saturated heterocycles. The Kier molecular flexibility index (Phi) is 11.0. The number of nitrogens with zero attached hydrogens (tertiary/aromatic N) is 1. The number of carboxylic acid groups (broad SMARTS) is 2. The lowest BCUT2D eigenvalue weighted by atomic mass is 10.1. The molecular formula is C19H26N6O11S. The van der Waals surface area contributed by atoms with E-state index in [-0.39, 0.29) is 42.1 Å². The number of aliphatic hydroxyl groups excluding tert-OH is 3. The van der Waals surface area contributed by atoms with Gasteiger partial charge in [0.25, 0.3) is 11.1 Å². The zero-order valence-corrected chi connectivity index (χ0v) is 19.9. The molecule has 0 unspecified atom stereocenters. The molecule has 18 heteroatoms. The third kappa shape index (κ3) is 8.53. The van der Waals surface area contributed by atoms with Crippen molar-refractivity contribution in [2.45, 2.75) is 37.6 Å². The third-order valence-electron chi connectivity index (χ3n) is 4.91. The first-order chi connectivity index (χ1) is 17.4. The highest BCUT2D eigenvalue weighted by atomic mass is 32.1. The smallest absolute Gasteiger partial charge is 0.325 e. The predicted octanol–water partition coefficient (Wildman–Crippen LogP) is -4.07. The van der Waals surface area contributed by atoms with Crippen molar-refractivity contribution in [3.63, 3.8) is 0 Å². The van der Waals surface area contributed by atoms with Crippen molar-refractivity contribution in [1.82, 2.24) is 30.2 Å². The quantitative estimate of drug-likeness (QED) is 0.127. The molecule has 17 nitrogen and oxygen atoms in total. The number of hydrogen-bond acceptors (Lipinski definition) is 12. The molecule has 2 aromatic rings. The van der Waals surface area contributed by atoms with Crippen LogP contribution in [0.2, 0.25) is 0 Å². The Morgan fingerprint density at radius 1 is 0.973 bits per heavy atom. The number of carboxylic acids is 2. The lowest BCUT2D eigenvalue weighted by molar-refractivity contribution is -0.137. The van der Waals surface area contributed by atoms with Gasteiger partial charge in [-0.3, -0.25) is 33.7 Å². The largest absolute Gasteiger partial charge is 0.480 e. The van der Waals surface area contributed by atoms with Crippen LogP contribution in [0.4, 0.5) is 0 Å². The summed E-state index contributed by atoms with van der Waals surface area (Å²) in [5.74, 6) is -2.08. The van der Waals surface area contributed by atoms with Crippen molar-refractivity contribution in [3.05, 3.63) is 59.5 Å². The molecule has 3 rings (SSSR count). The van der Waals surface area contributed by atoms with Crippen LogP contribution in [0.1, 0.15) is 17.4 Å². The zero-order valence-electron chi connectivity index (χ0n) is 19.0. The summed E-state index contributed by atoms with van der Waals surface area (Å²) in [6, 6.07) is 0. The molecule has 3 heterocycles. The van der Waals surface area contributed by atoms with Gasteiger partial charge in [-0.2, -0.15) is 0 Å². The topological polar surface area (TPSA) is 272 Å². The zero-order chi connectivity index (χ0) is 27.7. The minimum atomic E-state index is -1.34. The van der Waals surface area contributed by atoms with Crippen LogP contribution in [-0.4, -0.2) is 95.0 Å². The number of hydrogen-bond donors (Lipinski definition) is 10. The summed E-state index contributed by atoms with van der Waals surface area (Å²) in [5.41, 5.74) is -1.15. The Bertz CT molecular complexity index is 1320. The molecule has 0 bridgehead atoms. The normalized spacial score (nSPS) is 20.7. The second-order valence-corrected chi connectivity index (χ2v) is 8.03. The highest BCUT2D eigenvalue weighted by Gasteiger charge is 2.43. The fourth-order valence-electron chi connectivity index (χ4n) is 3.13. The average molecular weight is 547 g/mol. The van der Waals surface area contributed by atoms with Crippen LogP contribution in [-0.2, 0) is 27.4 Å². The van der Waals surface area contributed by atoms with E-state index in [9.17, 15) is 34.2 Å². The van der Waals surface area contributed by atoms with Crippen molar-refractivity contribution in [2.24, 2.45) is 0 Å². The minimum absolute atomic E-state index is 0.0353. The number of carbonyl (C=O) groups is 2. The number of aromatic amines is 3. The van der Waals surface area contributed by atoms with E-state index in [4.69, 9.17) is 32.3 Å². The van der Waals surface area contributed by atoms with E-state index in [1.807, 2.05) is 4.98 Å². The molecule has 204 valence electrons. The van der Waals surface area contributed by atoms with Crippen LogP contribution in [0.15, 0.2) is 26.8 Å². The predicted molar refractivity (Wildman–Crippen MR) is 125 cm³/mol. The number of nitrogens with one attached hydrogen (secondary N) is 5. The maximum absolute atomic E-state index is 11.8. The Balaban J connectivity index is 0.000000294. The first-order valence-electron chi connectivity index (χ1n) is 10.6. The van der Waals surface area contributed by atoms with Crippen molar-refractivity contribution in [3.8, 4) is 0 Å². The Morgan fingerprint density at radius 3 is 2.05 bits per heavy atom. The molecule has 1 fully saturated rings. The van der Waals surface area contributed by atoms with Gasteiger partial charge in [-0.1, -0.05) is 0 Å². The number of ether oxygens (including phenoxy) is 1. The summed E-state index contributed by atoms with van der Waals surface area (Å²) in [5, 5.41) is 50.8. The number of aliphatic carboxylic acids is 2. The standard InChI is InChI=1S/C12H17N3O7S.C7H9N3O4/c16-4-6-8(19)9(20)11(22-6)15-3-5(1-13-2-7(17)18)10(21)14-12(15)23;11-5(12)3-8-1-4-2-9-7(14)10-6(4)13/h3,6,8-9,11,13,16,19-20H,1-2,4H2,(H,17,18)(H,14,21,23);2,8H,1,3H2,(H,11,12)(H2,9,10,13,14)/t6-,8-,9-,11-;/m1./s1. The van der Waals surface area contributed by atoms with Gasteiger partial charge in [0.1, 0.15) is 18.3 Å². The summed E-state index contributed by atoms with van der Waals surface area (Å²) >= 11 is 5.01. The Hall–Kier alpha value is -3.52. The van der Waals surface area contributed by atoms with Crippen LogP contribution < -0.4 is 27.4 Å². The van der Waals surface area contributed by atoms with Gasteiger partial charge in [0.15, 0.2) is 11.0 Å². The van der Waals surface area contributed by atoms with Gasteiger partial charge < -0.3 is 45.9 Å². The van der Waals surface area contributed by atoms with E-state index in [2.05, 4.69) is 20.6 Å². The van der Waals surface area contributed by atoms with Crippen LogP contribution in [0.5, 0.6) is 0 Å². The summed E-state index contributed by atoms with van der Waals surface area (Å²) < 4.78 is 6.56. The summed E-state index contributed by atoms with van der Waals surface area (Å²) in [7, 11) is 0. The van der Waals surface area contributed by atoms with Crippen molar-refractivity contribution in [1.29, 1.82) is 0 Å². The van der Waals surface area contributed by atoms with Crippen molar-refractivity contribution in [2.75, 3.05) is 19.7 Å². The number of aromatic nitrogens is 4. The van der Waals surface area contributed by atoms with Crippen LogP contribution >= 0.6 is 12.2 Å². The molecule has 0 amide bonds. The molecule has 2 aromatic heterocycles. The molecule has 0 aliphatic carbocycles. The first-order valence-corrected chi connectivity index (χ1v) is 11.0. The number of rotatable bonds is 10. The van der Waals surface area contributed by atoms with Gasteiger partial charge in [0, 0.05) is 36.6 Å². The molecule has 0 radical (unpaired) electrons. The lowest BCUT2D eigenvalue weighted by Gasteiger charge is -2.19. The van der Waals surface area contributed by atoms with E-state index in [0.717, 1.165) is 0 Å². The third-order valence-corrected chi connectivity index (χ3v) is 5.23. The molecule has 10 N–H and O–H groups in total. The van der Waals surface area contributed by atoms with Gasteiger partial charge in [-0.15, -0.1) is 0 Å². The molecule has 0 aromatic carbocycles. The van der Waals surface area contributed by atoms with Crippen molar-refractivity contribution < 1.29 is 39.9 Å². The first kappa shape index (κ1) is 29.7. The fourth-order valence-corrected chi connectivity index (χ4v) is 3.38. The van der Waals surface area contributed by atoms with Crippen molar-refractivity contribution >= 4 is 24.2 Å². The summed E-state index contributed by atoms with van der Waals surface area (Å²) in [6.07, 6.45) is -2.13. The Labute approximate surface area is 211 Å². The molecular weight excluding hydrogens is 520 g/mol. The van der Waals surface area contributed by atoms with Gasteiger partial charge in [0.05, 0.1) is 19.7 Å². The van der Waals surface area contributed by atoms with E-state index < -0.39 is 59.9 Å². The van der Waals surface area contributed by atoms with Gasteiger partial charge in [0.2, 0.25) is 0 Å². The van der Waals surface area contributed by atoms with E-state index in [1.54, 1.807) is 0 Å². The highest BCUT2D eigenvalue weighted by Crippen LogP contribution is 2.29. The highest BCUT2D eigenvalue weighted by molar-refractivity contribution is 7.71. The molecule has 1 aliphatic heterocycles. The second kappa shape index (κ2) is 13.7. The monoisotopic (exact) mass is 546 g/mol. The van der Waals surface area contributed by atoms with E-state index in [0.29, 0.717) is 0 Å². The number of H-pyrrole nitrogens is 3. The molecule has 4 atom stereocenters. The van der Waals surface area contributed by atoms with E-state index >= 15 is 0 Å². The molecule has 1 aliphatic rings. The van der Waals surface area contributed by atoms with Crippen LogP contribution in [0.3, 0.4) is 0 Å². The summed E-state index contributed by atoms with van der Waals surface area (Å²) in [6.45, 7) is -0.996. The van der Waals surface area contributed by atoms with Gasteiger partial charge >= 0.3 is 17.6 Å². The maximum Gasteiger partial charge on any atom is 0.325 e. The molecule has 37 heavy (non-hydrogen) atoms. The van der Waals surface area contributed by atoms with Gasteiger partial charge in [-0.05, 0) is 12.2 Å². The van der Waals surface area contributed by atoms with Gasteiger partial charge in [-0.25, -0.2) is 4.79 Å². The summed E-state index contributed by atoms with van der Waals surface area (Å²) in [4.78, 5) is 60.8. The fraction of sp³-hybridized carbons (Fsp3) is 0.474. The van der Waals surface area contributed by atoms with Crippen LogP contribution in [0.25, 0.3) is 0 Å². The SMILES string of the molecule is O=C(O)CNCc1c[nH]c(=O)[nH]c1=O.O=C(O)CNCc1cn([C@@H]2O[C@H](CO)[C@@H](O)[C@H]2O)c(=S)[nH]c1=O. The lowest BCUT2D eigenvalue weighted by Crippen LogP contribution is -2.34. The van der Waals surface area contributed by atoms with E-state index in [1.165, 1.54) is 17.0 Å². The van der Waals surface area contributed by atoms with Crippen LogP contribution in [0, 0.1) is 4.77 Å². The minimum Gasteiger partial charge on any atom is -0.480 e. The average Bonchev–Trinajstić information content (AvgIpc) is 3.10. The molecule has 0 spiro atoms. The number of aliphatic hydroxyl groups is 3.